The van der Waals surface area contributed by atoms with Crippen LogP contribution >= 0.6 is 0 Å². The van der Waals surface area contributed by atoms with Crippen LogP contribution < -0.4 is 9.47 Å². The summed E-state index contributed by atoms with van der Waals surface area (Å²) in [6.45, 7) is 0.592. The molecule has 1 heterocycles. The third kappa shape index (κ3) is 2.77. The van der Waals surface area contributed by atoms with Crippen LogP contribution in [-0.4, -0.2) is 38.9 Å². The Labute approximate surface area is 141 Å². The van der Waals surface area contributed by atoms with Crippen LogP contribution in [0, 0.1) is 0 Å². The van der Waals surface area contributed by atoms with Crippen molar-refractivity contribution in [2.75, 3.05) is 27.9 Å². The van der Waals surface area contributed by atoms with Crippen molar-refractivity contribution in [2.24, 2.45) is 0 Å². The van der Waals surface area contributed by atoms with Gasteiger partial charge in [0.15, 0.2) is 11.5 Å². The van der Waals surface area contributed by atoms with Crippen LogP contribution in [0.2, 0.25) is 0 Å². The first-order chi connectivity index (χ1) is 11.7. The number of rotatable bonds is 3. The summed E-state index contributed by atoms with van der Waals surface area (Å²) in [4.78, 5) is 14.0. The van der Waals surface area contributed by atoms with Crippen molar-refractivity contribution in [2.45, 2.75) is 12.5 Å². The summed E-state index contributed by atoms with van der Waals surface area (Å²) in [5.74, 6) is 1.36. The molecule has 0 spiro atoms. The lowest BCUT2D eigenvalue weighted by atomic mass is 9.88. The Hall–Kier alpha value is -2.69. The largest absolute Gasteiger partial charge is 0.493 e. The Morgan fingerprint density at radius 3 is 2.33 bits per heavy atom. The van der Waals surface area contributed by atoms with Gasteiger partial charge in [-0.15, -0.1) is 0 Å². The standard InChI is InChI=1S/C19H21NO4/c1-22-16-11-14-9-10-20(19(21)24-3)18(13-7-5-4-6-8-13)15(14)12-17(16)23-2/h4-8,11-12,18H,9-10H2,1-3H3. The molecule has 5 heteroatoms. The van der Waals surface area contributed by atoms with Gasteiger partial charge < -0.3 is 14.2 Å². The van der Waals surface area contributed by atoms with Crippen molar-refractivity contribution in [3.05, 3.63) is 59.2 Å². The highest BCUT2D eigenvalue weighted by molar-refractivity contribution is 5.70. The van der Waals surface area contributed by atoms with E-state index in [-0.39, 0.29) is 12.1 Å². The van der Waals surface area contributed by atoms with Gasteiger partial charge in [-0.25, -0.2) is 4.79 Å². The van der Waals surface area contributed by atoms with Gasteiger partial charge in [0.2, 0.25) is 0 Å². The molecule has 1 atom stereocenters. The van der Waals surface area contributed by atoms with E-state index in [1.807, 2.05) is 42.5 Å². The Morgan fingerprint density at radius 2 is 1.71 bits per heavy atom. The van der Waals surface area contributed by atoms with Gasteiger partial charge in [-0.2, -0.15) is 0 Å². The highest BCUT2D eigenvalue weighted by Gasteiger charge is 2.33. The number of nitrogens with zero attached hydrogens (tertiary/aromatic N) is 1. The van der Waals surface area contributed by atoms with Gasteiger partial charge in [-0.05, 0) is 35.2 Å². The van der Waals surface area contributed by atoms with E-state index in [1.165, 1.54) is 7.11 Å². The zero-order valence-electron chi connectivity index (χ0n) is 14.1. The average molecular weight is 327 g/mol. The molecule has 1 aliphatic rings. The minimum Gasteiger partial charge on any atom is -0.493 e. The van der Waals surface area contributed by atoms with E-state index in [9.17, 15) is 4.79 Å². The summed E-state index contributed by atoms with van der Waals surface area (Å²) in [6.07, 6.45) is 0.415. The van der Waals surface area contributed by atoms with Crippen molar-refractivity contribution in [1.82, 2.24) is 4.90 Å². The molecule has 24 heavy (non-hydrogen) atoms. The highest BCUT2D eigenvalue weighted by atomic mass is 16.5. The predicted molar refractivity (Wildman–Crippen MR) is 90.6 cm³/mol. The maximum atomic E-state index is 12.3. The monoisotopic (exact) mass is 327 g/mol. The number of benzene rings is 2. The fourth-order valence-electron chi connectivity index (χ4n) is 3.25. The van der Waals surface area contributed by atoms with Gasteiger partial charge in [-0.3, -0.25) is 4.90 Å². The van der Waals surface area contributed by atoms with Crippen LogP contribution in [0.5, 0.6) is 11.5 Å². The van der Waals surface area contributed by atoms with Gasteiger partial charge in [0, 0.05) is 6.54 Å². The predicted octanol–water partition coefficient (Wildman–Crippen LogP) is 3.42. The SMILES string of the molecule is COC(=O)N1CCc2cc(OC)c(OC)cc2C1c1ccccc1. The van der Waals surface area contributed by atoms with Crippen LogP contribution in [0.3, 0.4) is 0 Å². The molecule has 0 aromatic heterocycles. The summed E-state index contributed by atoms with van der Waals surface area (Å²) in [7, 11) is 4.65. The normalized spacial score (nSPS) is 16.3. The van der Waals surface area contributed by atoms with Gasteiger partial charge in [0.05, 0.1) is 27.4 Å². The Balaban J connectivity index is 2.15. The van der Waals surface area contributed by atoms with Crippen molar-refractivity contribution >= 4 is 6.09 Å². The fraction of sp³-hybridized carbons (Fsp3) is 0.316. The average Bonchev–Trinajstić information content (AvgIpc) is 2.65. The molecule has 1 aliphatic heterocycles. The zero-order chi connectivity index (χ0) is 17.1. The minimum absolute atomic E-state index is 0.206. The lowest BCUT2D eigenvalue weighted by molar-refractivity contribution is 0.109. The molecule has 0 aliphatic carbocycles. The molecule has 3 rings (SSSR count). The molecule has 5 nitrogen and oxygen atoms in total. The number of ether oxygens (including phenoxy) is 3. The van der Waals surface area contributed by atoms with E-state index in [2.05, 4.69) is 0 Å². The van der Waals surface area contributed by atoms with Gasteiger partial charge >= 0.3 is 6.09 Å². The summed E-state index contributed by atoms with van der Waals surface area (Å²) >= 11 is 0. The number of carbonyl (C=O) groups is 1. The third-order valence-electron chi connectivity index (χ3n) is 4.40. The van der Waals surface area contributed by atoms with Crippen LogP contribution in [0.25, 0.3) is 0 Å². The first-order valence-corrected chi connectivity index (χ1v) is 7.84. The number of methoxy groups -OCH3 is 3. The number of hydrogen-bond acceptors (Lipinski definition) is 4. The van der Waals surface area contributed by atoms with Crippen molar-refractivity contribution < 1.29 is 19.0 Å². The third-order valence-corrected chi connectivity index (χ3v) is 4.40. The van der Waals surface area contributed by atoms with Crippen molar-refractivity contribution in [3.63, 3.8) is 0 Å². The maximum Gasteiger partial charge on any atom is 0.410 e. The lowest BCUT2D eigenvalue weighted by Crippen LogP contribution is -2.40. The first-order valence-electron chi connectivity index (χ1n) is 7.84. The molecule has 2 aromatic rings. The van der Waals surface area contributed by atoms with E-state index in [4.69, 9.17) is 14.2 Å². The number of carbonyl (C=O) groups excluding carboxylic acids is 1. The molecule has 0 radical (unpaired) electrons. The Kier molecular flexibility index (Phi) is 4.60. The molecule has 1 unspecified atom stereocenters. The van der Waals surface area contributed by atoms with Crippen molar-refractivity contribution in [1.29, 1.82) is 0 Å². The molecule has 0 saturated carbocycles. The lowest BCUT2D eigenvalue weighted by Gasteiger charge is -2.37. The molecule has 0 bridgehead atoms. The fourth-order valence-corrected chi connectivity index (χ4v) is 3.25. The molecule has 2 aromatic carbocycles. The summed E-state index contributed by atoms with van der Waals surface area (Å²) < 4.78 is 15.8. The second kappa shape index (κ2) is 6.83. The summed E-state index contributed by atoms with van der Waals surface area (Å²) in [6, 6.07) is 13.7. The maximum absolute atomic E-state index is 12.3. The summed E-state index contributed by atoms with van der Waals surface area (Å²) in [5, 5.41) is 0. The molecular formula is C19H21NO4. The quantitative estimate of drug-likeness (QED) is 0.867. The molecule has 0 fully saturated rings. The molecule has 0 saturated heterocycles. The van der Waals surface area contributed by atoms with Crippen LogP contribution in [0.4, 0.5) is 4.79 Å². The van der Waals surface area contributed by atoms with Gasteiger partial charge in [0.1, 0.15) is 0 Å². The minimum atomic E-state index is -0.329. The smallest absolute Gasteiger partial charge is 0.410 e. The van der Waals surface area contributed by atoms with Gasteiger partial charge in [0.25, 0.3) is 0 Å². The van der Waals surface area contributed by atoms with E-state index >= 15 is 0 Å². The van der Waals surface area contributed by atoms with Gasteiger partial charge in [-0.1, -0.05) is 30.3 Å². The first kappa shape index (κ1) is 16.2. The highest BCUT2D eigenvalue weighted by Crippen LogP contribution is 2.41. The van der Waals surface area contributed by atoms with E-state index in [0.29, 0.717) is 18.0 Å². The second-order valence-electron chi connectivity index (χ2n) is 5.63. The van der Waals surface area contributed by atoms with Crippen LogP contribution in [0.1, 0.15) is 22.7 Å². The van der Waals surface area contributed by atoms with Crippen LogP contribution in [-0.2, 0) is 11.2 Å². The topological polar surface area (TPSA) is 48.0 Å². The van der Waals surface area contributed by atoms with E-state index < -0.39 is 0 Å². The number of hydrogen-bond donors (Lipinski definition) is 0. The Morgan fingerprint density at radius 1 is 1.04 bits per heavy atom. The molecular weight excluding hydrogens is 306 g/mol. The number of amides is 1. The molecule has 0 N–H and O–H groups in total. The molecule has 126 valence electrons. The number of fused-ring (bicyclic) bond motifs is 1. The van der Waals surface area contributed by atoms with E-state index in [0.717, 1.165) is 23.1 Å². The van der Waals surface area contributed by atoms with Crippen molar-refractivity contribution in [3.8, 4) is 11.5 Å². The second-order valence-corrected chi connectivity index (χ2v) is 5.63. The zero-order valence-corrected chi connectivity index (χ0v) is 14.1. The molecule has 1 amide bonds. The van der Waals surface area contributed by atoms with Crippen LogP contribution in [0.15, 0.2) is 42.5 Å². The van der Waals surface area contributed by atoms with E-state index in [1.54, 1.807) is 19.1 Å². The summed E-state index contributed by atoms with van der Waals surface area (Å²) in [5.41, 5.74) is 3.23. The Bertz CT molecular complexity index is 730.